The van der Waals surface area contributed by atoms with E-state index in [1.807, 2.05) is 0 Å². The maximum absolute atomic E-state index is 5.98. The third-order valence-corrected chi connectivity index (χ3v) is 4.20. The number of rotatable bonds is 5. The van der Waals surface area contributed by atoms with Crippen molar-refractivity contribution >= 4 is 11.6 Å². The van der Waals surface area contributed by atoms with E-state index in [-0.39, 0.29) is 0 Å². The molecule has 0 aromatic carbocycles. The first-order chi connectivity index (χ1) is 6.85. The van der Waals surface area contributed by atoms with Gasteiger partial charge in [-0.15, -0.1) is 11.6 Å². The van der Waals surface area contributed by atoms with Gasteiger partial charge in [0.2, 0.25) is 0 Å². The van der Waals surface area contributed by atoms with Crippen molar-refractivity contribution in [3.8, 4) is 0 Å². The summed E-state index contributed by atoms with van der Waals surface area (Å²) in [5.41, 5.74) is 0.307. The SMILES string of the molecule is ClCC1(NCCN2CCCC2)CCC1. The molecule has 1 aliphatic heterocycles. The number of halogens is 1. The van der Waals surface area contributed by atoms with Gasteiger partial charge < -0.3 is 10.2 Å². The van der Waals surface area contributed by atoms with Crippen molar-refractivity contribution in [2.75, 3.05) is 32.1 Å². The third-order valence-electron chi connectivity index (χ3n) is 3.69. The van der Waals surface area contributed by atoms with Crippen molar-refractivity contribution < 1.29 is 0 Å². The van der Waals surface area contributed by atoms with Crippen LogP contribution in [0.3, 0.4) is 0 Å². The molecule has 82 valence electrons. The lowest BCUT2D eigenvalue weighted by Crippen LogP contribution is -2.54. The maximum atomic E-state index is 5.98. The summed E-state index contributed by atoms with van der Waals surface area (Å²) in [6.45, 7) is 4.93. The van der Waals surface area contributed by atoms with E-state index in [4.69, 9.17) is 11.6 Å². The van der Waals surface area contributed by atoms with Crippen LogP contribution in [-0.4, -0.2) is 42.5 Å². The Balaban J connectivity index is 1.61. The zero-order chi connectivity index (χ0) is 9.86. The predicted molar refractivity (Wildman–Crippen MR) is 61.0 cm³/mol. The average Bonchev–Trinajstić information content (AvgIpc) is 2.62. The fraction of sp³-hybridized carbons (Fsp3) is 1.00. The third kappa shape index (κ3) is 2.41. The van der Waals surface area contributed by atoms with Gasteiger partial charge in [-0.3, -0.25) is 0 Å². The molecule has 14 heavy (non-hydrogen) atoms. The lowest BCUT2D eigenvalue weighted by molar-refractivity contribution is 0.201. The van der Waals surface area contributed by atoms with E-state index in [0.29, 0.717) is 5.54 Å². The summed E-state index contributed by atoms with van der Waals surface area (Å²) in [5.74, 6) is 0.785. The molecule has 0 radical (unpaired) electrons. The van der Waals surface area contributed by atoms with Gasteiger partial charge in [0.15, 0.2) is 0 Å². The zero-order valence-electron chi connectivity index (χ0n) is 8.90. The number of hydrogen-bond acceptors (Lipinski definition) is 2. The van der Waals surface area contributed by atoms with Crippen molar-refractivity contribution in [2.45, 2.75) is 37.6 Å². The number of nitrogens with zero attached hydrogens (tertiary/aromatic N) is 1. The van der Waals surface area contributed by atoms with E-state index in [1.54, 1.807) is 0 Å². The van der Waals surface area contributed by atoms with Gasteiger partial charge in [-0.25, -0.2) is 0 Å². The molecule has 2 nitrogen and oxygen atoms in total. The molecule has 0 unspecified atom stereocenters. The van der Waals surface area contributed by atoms with Crippen LogP contribution in [0.15, 0.2) is 0 Å². The number of nitrogens with one attached hydrogen (secondary N) is 1. The summed E-state index contributed by atoms with van der Waals surface area (Å²) in [6.07, 6.45) is 6.68. The van der Waals surface area contributed by atoms with Crippen molar-refractivity contribution in [1.82, 2.24) is 10.2 Å². The molecule has 2 fully saturated rings. The van der Waals surface area contributed by atoms with Crippen LogP contribution in [0.2, 0.25) is 0 Å². The molecule has 0 amide bonds. The summed E-state index contributed by atoms with van der Waals surface area (Å²) >= 11 is 5.98. The number of alkyl halides is 1. The van der Waals surface area contributed by atoms with E-state index in [9.17, 15) is 0 Å². The van der Waals surface area contributed by atoms with Gasteiger partial charge in [0.25, 0.3) is 0 Å². The fourth-order valence-electron chi connectivity index (χ4n) is 2.45. The molecule has 0 aromatic rings. The quantitative estimate of drug-likeness (QED) is 0.706. The van der Waals surface area contributed by atoms with Crippen LogP contribution in [0.1, 0.15) is 32.1 Å². The van der Waals surface area contributed by atoms with E-state index in [0.717, 1.165) is 12.4 Å². The largest absolute Gasteiger partial charge is 0.309 e. The van der Waals surface area contributed by atoms with Crippen LogP contribution >= 0.6 is 11.6 Å². The van der Waals surface area contributed by atoms with Gasteiger partial charge in [-0.2, -0.15) is 0 Å². The van der Waals surface area contributed by atoms with Gasteiger partial charge in [0.1, 0.15) is 0 Å². The Morgan fingerprint density at radius 3 is 2.36 bits per heavy atom. The Morgan fingerprint density at radius 2 is 1.86 bits per heavy atom. The van der Waals surface area contributed by atoms with Gasteiger partial charge in [0.05, 0.1) is 0 Å². The monoisotopic (exact) mass is 216 g/mol. The van der Waals surface area contributed by atoms with Crippen molar-refractivity contribution in [3.05, 3.63) is 0 Å². The fourth-order valence-corrected chi connectivity index (χ4v) is 2.81. The second-order valence-corrected chi connectivity index (χ2v) is 5.01. The second kappa shape index (κ2) is 4.82. The molecular weight excluding hydrogens is 196 g/mol. The minimum absolute atomic E-state index is 0.307. The van der Waals surface area contributed by atoms with E-state index in [2.05, 4.69) is 10.2 Å². The van der Waals surface area contributed by atoms with Crippen molar-refractivity contribution in [1.29, 1.82) is 0 Å². The van der Waals surface area contributed by atoms with Crippen LogP contribution in [0.4, 0.5) is 0 Å². The van der Waals surface area contributed by atoms with Crippen molar-refractivity contribution in [3.63, 3.8) is 0 Å². The summed E-state index contributed by atoms with van der Waals surface area (Å²) in [5, 5.41) is 3.64. The van der Waals surface area contributed by atoms with Gasteiger partial charge in [-0.1, -0.05) is 0 Å². The van der Waals surface area contributed by atoms with Crippen LogP contribution < -0.4 is 5.32 Å². The van der Waals surface area contributed by atoms with Gasteiger partial charge in [0, 0.05) is 24.5 Å². The summed E-state index contributed by atoms with van der Waals surface area (Å²) in [7, 11) is 0. The van der Waals surface area contributed by atoms with E-state index < -0.39 is 0 Å². The summed E-state index contributed by atoms with van der Waals surface area (Å²) in [6, 6.07) is 0. The molecule has 2 rings (SSSR count). The average molecular weight is 217 g/mol. The molecule has 1 saturated carbocycles. The van der Waals surface area contributed by atoms with Crippen LogP contribution in [0.25, 0.3) is 0 Å². The van der Waals surface area contributed by atoms with E-state index in [1.165, 1.54) is 51.7 Å². The molecule has 1 N–H and O–H groups in total. The predicted octanol–water partition coefficient (Wildman–Crippen LogP) is 1.83. The summed E-state index contributed by atoms with van der Waals surface area (Å²) < 4.78 is 0. The minimum atomic E-state index is 0.307. The Morgan fingerprint density at radius 1 is 1.14 bits per heavy atom. The molecule has 0 atom stereocenters. The lowest BCUT2D eigenvalue weighted by atomic mass is 9.78. The summed E-state index contributed by atoms with van der Waals surface area (Å²) in [4.78, 5) is 2.55. The van der Waals surface area contributed by atoms with Crippen LogP contribution in [0.5, 0.6) is 0 Å². The highest BCUT2D eigenvalue weighted by atomic mass is 35.5. The lowest BCUT2D eigenvalue weighted by Gasteiger charge is -2.41. The molecular formula is C11H21ClN2. The smallest absolute Gasteiger partial charge is 0.0406 e. The molecule has 0 spiro atoms. The molecule has 1 aliphatic carbocycles. The highest BCUT2D eigenvalue weighted by Gasteiger charge is 2.35. The molecule has 3 heteroatoms. The number of hydrogen-bond donors (Lipinski definition) is 1. The molecule has 1 heterocycles. The van der Waals surface area contributed by atoms with Gasteiger partial charge in [-0.05, 0) is 45.2 Å². The zero-order valence-corrected chi connectivity index (χ0v) is 9.65. The topological polar surface area (TPSA) is 15.3 Å². The Hall–Kier alpha value is 0.210. The number of likely N-dealkylation sites (tertiary alicyclic amines) is 1. The Bertz CT molecular complexity index is 169. The Kier molecular flexibility index (Phi) is 3.69. The normalized spacial score (nSPS) is 26.4. The molecule has 1 saturated heterocycles. The first-order valence-electron chi connectivity index (χ1n) is 5.88. The van der Waals surface area contributed by atoms with Crippen molar-refractivity contribution in [2.24, 2.45) is 0 Å². The highest BCUT2D eigenvalue weighted by molar-refractivity contribution is 6.18. The standard InChI is InChI=1S/C11H21ClN2/c12-10-11(4-3-5-11)13-6-9-14-7-1-2-8-14/h13H,1-10H2. The Labute approximate surface area is 92.0 Å². The van der Waals surface area contributed by atoms with Crippen LogP contribution in [0, 0.1) is 0 Å². The first kappa shape index (κ1) is 10.7. The highest BCUT2D eigenvalue weighted by Crippen LogP contribution is 2.32. The second-order valence-electron chi connectivity index (χ2n) is 4.74. The molecule has 2 aliphatic rings. The molecule has 0 bridgehead atoms. The first-order valence-corrected chi connectivity index (χ1v) is 6.41. The van der Waals surface area contributed by atoms with E-state index >= 15 is 0 Å². The molecule has 0 aromatic heterocycles. The minimum Gasteiger partial charge on any atom is -0.309 e. The maximum Gasteiger partial charge on any atom is 0.0406 e. The van der Waals surface area contributed by atoms with Crippen LogP contribution in [-0.2, 0) is 0 Å². The van der Waals surface area contributed by atoms with Gasteiger partial charge >= 0.3 is 0 Å².